The number of hydrogen-bond donors (Lipinski definition) is 1. The van der Waals surface area contributed by atoms with Gasteiger partial charge in [-0.2, -0.15) is 5.10 Å². The van der Waals surface area contributed by atoms with Gasteiger partial charge in [0.1, 0.15) is 5.82 Å². The third-order valence-corrected chi connectivity index (χ3v) is 4.33. The van der Waals surface area contributed by atoms with Crippen molar-refractivity contribution in [3.63, 3.8) is 0 Å². The Morgan fingerprint density at radius 2 is 1.89 bits per heavy atom. The van der Waals surface area contributed by atoms with Crippen LogP contribution >= 0.6 is 0 Å². The van der Waals surface area contributed by atoms with Gasteiger partial charge < -0.3 is 5.73 Å². The van der Waals surface area contributed by atoms with Crippen molar-refractivity contribution in [2.75, 3.05) is 5.73 Å². The van der Waals surface area contributed by atoms with Gasteiger partial charge in [-0.15, -0.1) is 0 Å². The molecule has 0 saturated heterocycles. The third-order valence-electron chi connectivity index (χ3n) is 4.33. The van der Waals surface area contributed by atoms with Crippen LogP contribution in [0.3, 0.4) is 0 Å². The lowest BCUT2D eigenvalue weighted by atomic mass is 9.72. The molecular formula is C15H27N3. The Morgan fingerprint density at radius 3 is 2.44 bits per heavy atom. The fraction of sp³-hybridized carbons (Fsp3) is 0.800. The van der Waals surface area contributed by atoms with E-state index in [4.69, 9.17) is 10.8 Å². The third kappa shape index (κ3) is 2.40. The molecule has 0 unspecified atom stereocenters. The van der Waals surface area contributed by atoms with Crippen molar-refractivity contribution in [2.45, 2.75) is 64.7 Å². The zero-order valence-electron chi connectivity index (χ0n) is 12.3. The summed E-state index contributed by atoms with van der Waals surface area (Å²) < 4.78 is 1.87. The second-order valence-electron chi connectivity index (χ2n) is 6.56. The number of hydrogen-bond acceptors (Lipinski definition) is 2. The quantitative estimate of drug-likeness (QED) is 0.892. The summed E-state index contributed by atoms with van der Waals surface area (Å²) in [5.41, 5.74) is 9.04. The SMILES string of the molecule is CC(C)Cc1c(C2(C)CCCCC2)nn(C)c1N. The van der Waals surface area contributed by atoms with Crippen LogP contribution in [0, 0.1) is 5.92 Å². The first-order chi connectivity index (χ1) is 8.44. The molecule has 3 nitrogen and oxygen atoms in total. The van der Waals surface area contributed by atoms with E-state index in [0.29, 0.717) is 5.92 Å². The van der Waals surface area contributed by atoms with Gasteiger partial charge in [0.05, 0.1) is 5.69 Å². The molecular weight excluding hydrogens is 222 g/mol. The maximum absolute atomic E-state index is 6.22. The van der Waals surface area contributed by atoms with E-state index in [1.807, 2.05) is 11.7 Å². The van der Waals surface area contributed by atoms with Crippen LogP contribution in [0.4, 0.5) is 5.82 Å². The normalized spacial score (nSPS) is 19.4. The van der Waals surface area contributed by atoms with E-state index in [-0.39, 0.29) is 5.41 Å². The largest absolute Gasteiger partial charge is 0.384 e. The monoisotopic (exact) mass is 249 g/mol. The van der Waals surface area contributed by atoms with Crippen molar-refractivity contribution in [3.05, 3.63) is 11.3 Å². The van der Waals surface area contributed by atoms with Gasteiger partial charge in [0, 0.05) is 18.0 Å². The Bertz CT molecular complexity index is 412. The maximum Gasteiger partial charge on any atom is 0.124 e. The minimum absolute atomic E-state index is 0.248. The fourth-order valence-corrected chi connectivity index (χ4v) is 3.24. The molecule has 1 heterocycles. The molecule has 1 aromatic heterocycles. The smallest absolute Gasteiger partial charge is 0.124 e. The summed E-state index contributed by atoms with van der Waals surface area (Å²) in [6.07, 6.45) is 7.59. The molecule has 0 amide bonds. The molecule has 1 fully saturated rings. The summed E-state index contributed by atoms with van der Waals surface area (Å²) in [5.74, 6) is 1.49. The lowest BCUT2D eigenvalue weighted by Gasteiger charge is -2.33. The molecule has 1 aromatic rings. The molecule has 2 N–H and O–H groups in total. The Labute approximate surface area is 111 Å². The van der Waals surface area contributed by atoms with Crippen molar-refractivity contribution < 1.29 is 0 Å². The maximum atomic E-state index is 6.22. The number of nitrogens with zero attached hydrogens (tertiary/aromatic N) is 2. The molecule has 0 spiro atoms. The molecule has 3 heteroatoms. The van der Waals surface area contributed by atoms with Crippen molar-refractivity contribution in [3.8, 4) is 0 Å². The predicted molar refractivity (Wildman–Crippen MR) is 76.6 cm³/mol. The first-order valence-corrected chi connectivity index (χ1v) is 7.26. The highest BCUT2D eigenvalue weighted by molar-refractivity contribution is 5.46. The highest BCUT2D eigenvalue weighted by atomic mass is 15.3. The van der Waals surface area contributed by atoms with Gasteiger partial charge in [-0.1, -0.05) is 40.0 Å². The summed E-state index contributed by atoms with van der Waals surface area (Å²) >= 11 is 0. The molecule has 18 heavy (non-hydrogen) atoms. The lowest BCUT2D eigenvalue weighted by Crippen LogP contribution is -2.27. The molecule has 0 atom stereocenters. The van der Waals surface area contributed by atoms with E-state index in [2.05, 4.69) is 20.8 Å². The second-order valence-corrected chi connectivity index (χ2v) is 6.56. The van der Waals surface area contributed by atoms with E-state index in [1.54, 1.807) is 0 Å². The van der Waals surface area contributed by atoms with Crippen LogP contribution in [0.15, 0.2) is 0 Å². The van der Waals surface area contributed by atoms with Crippen LogP contribution in [0.1, 0.15) is 64.1 Å². The fourth-order valence-electron chi connectivity index (χ4n) is 3.24. The van der Waals surface area contributed by atoms with Crippen LogP contribution < -0.4 is 5.73 Å². The minimum Gasteiger partial charge on any atom is -0.384 e. The highest BCUT2D eigenvalue weighted by Gasteiger charge is 2.34. The number of rotatable bonds is 3. The zero-order valence-corrected chi connectivity index (χ0v) is 12.3. The molecule has 0 radical (unpaired) electrons. The number of nitrogen functional groups attached to an aromatic ring is 1. The Kier molecular flexibility index (Phi) is 3.69. The van der Waals surface area contributed by atoms with Crippen LogP contribution in [0.25, 0.3) is 0 Å². The number of aryl methyl sites for hydroxylation is 1. The zero-order chi connectivity index (χ0) is 13.3. The van der Waals surface area contributed by atoms with Crippen LogP contribution in [0.5, 0.6) is 0 Å². The molecule has 0 aliphatic heterocycles. The van der Waals surface area contributed by atoms with E-state index < -0.39 is 0 Å². The molecule has 2 rings (SSSR count). The molecule has 1 saturated carbocycles. The summed E-state index contributed by atoms with van der Waals surface area (Å²) in [5, 5.41) is 4.75. The van der Waals surface area contributed by atoms with Crippen molar-refractivity contribution in [2.24, 2.45) is 13.0 Å². The van der Waals surface area contributed by atoms with Gasteiger partial charge in [0.2, 0.25) is 0 Å². The number of nitrogens with two attached hydrogens (primary N) is 1. The van der Waals surface area contributed by atoms with E-state index in [1.165, 1.54) is 43.4 Å². The highest BCUT2D eigenvalue weighted by Crippen LogP contribution is 2.41. The lowest BCUT2D eigenvalue weighted by molar-refractivity contribution is 0.308. The standard InChI is InChI=1S/C15H27N3/c1-11(2)10-12-13(17-18(4)14(12)16)15(3)8-6-5-7-9-15/h11H,5-10,16H2,1-4H3. The molecule has 102 valence electrons. The summed E-state index contributed by atoms with van der Waals surface area (Å²) in [7, 11) is 1.97. The van der Waals surface area contributed by atoms with Crippen molar-refractivity contribution in [1.29, 1.82) is 0 Å². The van der Waals surface area contributed by atoms with E-state index in [9.17, 15) is 0 Å². The topological polar surface area (TPSA) is 43.8 Å². The predicted octanol–water partition coefficient (Wildman–Crippen LogP) is 3.42. The van der Waals surface area contributed by atoms with Gasteiger partial charge in [-0.3, -0.25) is 4.68 Å². The van der Waals surface area contributed by atoms with E-state index >= 15 is 0 Å². The van der Waals surface area contributed by atoms with Crippen LogP contribution in [-0.2, 0) is 18.9 Å². The Morgan fingerprint density at radius 1 is 1.28 bits per heavy atom. The first kappa shape index (κ1) is 13.4. The average molecular weight is 249 g/mol. The second kappa shape index (κ2) is 4.94. The van der Waals surface area contributed by atoms with Crippen LogP contribution in [0.2, 0.25) is 0 Å². The average Bonchev–Trinajstić information content (AvgIpc) is 2.58. The number of aromatic nitrogens is 2. The summed E-state index contributed by atoms with van der Waals surface area (Å²) in [6, 6.07) is 0. The molecule has 1 aliphatic rings. The minimum atomic E-state index is 0.248. The summed E-state index contributed by atoms with van der Waals surface area (Å²) in [6.45, 7) is 6.87. The Hall–Kier alpha value is -0.990. The molecule has 0 bridgehead atoms. The summed E-state index contributed by atoms with van der Waals surface area (Å²) in [4.78, 5) is 0. The van der Waals surface area contributed by atoms with Crippen molar-refractivity contribution >= 4 is 5.82 Å². The van der Waals surface area contributed by atoms with E-state index in [0.717, 1.165) is 12.2 Å². The van der Waals surface area contributed by atoms with Gasteiger partial charge in [-0.05, 0) is 25.2 Å². The van der Waals surface area contributed by atoms with Crippen LogP contribution in [-0.4, -0.2) is 9.78 Å². The van der Waals surface area contributed by atoms with Gasteiger partial charge in [-0.25, -0.2) is 0 Å². The van der Waals surface area contributed by atoms with Gasteiger partial charge in [0.25, 0.3) is 0 Å². The Balaban J connectivity index is 2.39. The molecule has 1 aliphatic carbocycles. The van der Waals surface area contributed by atoms with Crippen molar-refractivity contribution in [1.82, 2.24) is 9.78 Å². The molecule has 0 aromatic carbocycles. The van der Waals surface area contributed by atoms with Gasteiger partial charge >= 0.3 is 0 Å². The van der Waals surface area contributed by atoms with Gasteiger partial charge in [0.15, 0.2) is 0 Å². The first-order valence-electron chi connectivity index (χ1n) is 7.26. The number of anilines is 1.